The minimum absolute atomic E-state index is 0.175. The van der Waals surface area contributed by atoms with Gasteiger partial charge in [-0.05, 0) is 57.0 Å². The van der Waals surface area contributed by atoms with E-state index >= 15 is 0 Å². The molecule has 0 aliphatic heterocycles. The van der Waals surface area contributed by atoms with Crippen molar-refractivity contribution in [1.29, 1.82) is 0 Å². The van der Waals surface area contributed by atoms with Crippen LogP contribution in [0.5, 0.6) is 5.75 Å². The maximum atomic E-state index is 12.3. The lowest BCUT2D eigenvalue weighted by atomic mass is 10.0. The van der Waals surface area contributed by atoms with Crippen LogP contribution in [0.2, 0.25) is 0 Å². The normalized spacial score (nSPS) is 11.5. The molecule has 172 valence electrons. The maximum Gasteiger partial charge on any atom is 0.338 e. The van der Waals surface area contributed by atoms with Crippen LogP contribution in [0.25, 0.3) is 0 Å². The molecule has 0 aliphatic rings. The van der Waals surface area contributed by atoms with Crippen LogP contribution in [0.4, 0.5) is 0 Å². The van der Waals surface area contributed by atoms with Gasteiger partial charge in [-0.3, -0.25) is 9.59 Å². The summed E-state index contributed by atoms with van der Waals surface area (Å²) in [5.74, 6) is -0.106. The topological polar surface area (TPSA) is 108 Å². The van der Waals surface area contributed by atoms with Crippen LogP contribution < -0.4 is 10.1 Å². The summed E-state index contributed by atoms with van der Waals surface area (Å²) in [6.07, 6.45) is 0.366. The van der Waals surface area contributed by atoms with Gasteiger partial charge in [-0.1, -0.05) is 35.5 Å². The van der Waals surface area contributed by atoms with E-state index in [0.717, 1.165) is 16.8 Å². The Hall–Kier alpha value is -3.94. The number of hydrogen-bond donors (Lipinski definition) is 1. The first-order chi connectivity index (χ1) is 15.8. The van der Waals surface area contributed by atoms with Gasteiger partial charge in [0.1, 0.15) is 18.1 Å². The highest BCUT2D eigenvalue weighted by molar-refractivity contribution is 5.92. The minimum atomic E-state index is -0.687. The first-order valence-corrected chi connectivity index (χ1v) is 10.5. The number of carbonyl (C=O) groups excluding carboxylic acids is 3. The van der Waals surface area contributed by atoms with Gasteiger partial charge in [-0.15, -0.1) is 0 Å². The number of Topliss-reactive ketones (excluding diaryl/α,β-unsaturated/α-hetero) is 1. The number of nitrogens with zero attached hydrogens (tertiary/aromatic N) is 1. The van der Waals surface area contributed by atoms with E-state index in [4.69, 9.17) is 14.0 Å². The Morgan fingerprint density at radius 2 is 1.73 bits per heavy atom. The average molecular weight is 450 g/mol. The van der Waals surface area contributed by atoms with Gasteiger partial charge in [0.05, 0.1) is 22.9 Å². The molecule has 33 heavy (non-hydrogen) atoms. The minimum Gasteiger partial charge on any atom is -0.489 e. The fourth-order valence-corrected chi connectivity index (χ4v) is 3.15. The summed E-state index contributed by atoms with van der Waals surface area (Å²) in [5, 5.41) is 6.50. The molecule has 2 aromatic carbocycles. The molecule has 1 atom stereocenters. The Labute approximate surface area is 191 Å². The quantitative estimate of drug-likeness (QED) is 0.472. The zero-order valence-corrected chi connectivity index (χ0v) is 18.8. The zero-order valence-electron chi connectivity index (χ0n) is 18.8. The van der Waals surface area contributed by atoms with Crippen molar-refractivity contribution in [1.82, 2.24) is 10.5 Å². The number of rotatable bonds is 10. The Morgan fingerprint density at radius 1 is 1.03 bits per heavy atom. The van der Waals surface area contributed by atoms with Gasteiger partial charge in [0, 0.05) is 0 Å². The molecular weight excluding hydrogens is 424 g/mol. The van der Waals surface area contributed by atoms with Crippen LogP contribution in [-0.4, -0.2) is 35.5 Å². The molecule has 3 rings (SSSR count). The predicted octanol–water partition coefficient (Wildman–Crippen LogP) is 3.34. The Bertz CT molecular complexity index is 1090. The van der Waals surface area contributed by atoms with Crippen LogP contribution in [0.1, 0.15) is 39.9 Å². The molecule has 0 bridgehead atoms. The van der Waals surface area contributed by atoms with Crippen LogP contribution >= 0.6 is 0 Å². The summed E-state index contributed by atoms with van der Waals surface area (Å²) in [7, 11) is 0. The zero-order chi connectivity index (χ0) is 23.8. The fraction of sp³-hybridized carbons (Fsp3) is 0.280. The first kappa shape index (κ1) is 23.7. The van der Waals surface area contributed by atoms with Crippen molar-refractivity contribution in [2.24, 2.45) is 0 Å². The highest BCUT2D eigenvalue weighted by atomic mass is 16.5. The van der Waals surface area contributed by atoms with Crippen LogP contribution in [0.15, 0.2) is 59.1 Å². The van der Waals surface area contributed by atoms with E-state index in [2.05, 4.69) is 10.5 Å². The van der Waals surface area contributed by atoms with Gasteiger partial charge in [0.2, 0.25) is 0 Å². The van der Waals surface area contributed by atoms with Crippen LogP contribution in [0.3, 0.4) is 0 Å². The van der Waals surface area contributed by atoms with E-state index in [-0.39, 0.29) is 11.3 Å². The molecule has 1 amide bonds. The lowest BCUT2D eigenvalue weighted by molar-refractivity contribution is -0.128. The summed E-state index contributed by atoms with van der Waals surface area (Å²) in [6, 6.07) is 15.1. The first-order valence-electron chi connectivity index (χ1n) is 10.5. The number of nitrogens with one attached hydrogen (secondary N) is 1. The number of ketones is 1. The number of benzene rings is 2. The summed E-state index contributed by atoms with van der Waals surface area (Å²) < 4.78 is 15.9. The molecule has 0 saturated carbocycles. The smallest absolute Gasteiger partial charge is 0.338 e. The number of amides is 1. The number of hydrogen-bond acceptors (Lipinski definition) is 7. The number of aromatic nitrogens is 1. The molecule has 0 radical (unpaired) electrons. The number of aryl methyl sites for hydroxylation is 2. The molecule has 8 nitrogen and oxygen atoms in total. The average Bonchev–Trinajstić information content (AvgIpc) is 3.13. The Morgan fingerprint density at radius 3 is 2.33 bits per heavy atom. The van der Waals surface area contributed by atoms with Gasteiger partial charge >= 0.3 is 5.97 Å². The molecule has 0 saturated heterocycles. The van der Waals surface area contributed by atoms with Gasteiger partial charge in [0.15, 0.2) is 12.4 Å². The number of esters is 1. The Kier molecular flexibility index (Phi) is 7.96. The molecule has 1 N–H and O–H groups in total. The van der Waals surface area contributed by atoms with Gasteiger partial charge in [-0.2, -0.15) is 0 Å². The van der Waals surface area contributed by atoms with Crippen molar-refractivity contribution in [3.63, 3.8) is 0 Å². The molecular formula is C25H26N2O6. The van der Waals surface area contributed by atoms with Crippen molar-refractivity contribution in [2.75, 3.05) is 6.61 Å². The molecule has 0 fully saturated rings. The molecule has 3 aromatic rings. The van der Waals surface area contributed by atoms with Gasteiger partial charge in [0.25, 0.3) is 5.91 Å². The van der Waals surface area contributed by atoms with Crippen molar-refractivity contribution in [3.8, 4) is 5.75 Å². The standard InChI is InChI=1S/C25H26N2O6/c1-16-22(18(3)33-27-16)14-31-21-11-9-20(10-12-21)25(30)32-15-24(29)26-23(17(2)28)13-19-7-5-4-6-8-19/h4-12,23H,13-15H2,1-3H3,(H,26,29). The predicted molar refractivity (Wildman–Crippen MR) is 120 cm³/mol. The molecule has 0 spiro atoms. The van der Waals surface area contributed by atoms with E-state index in [0.29, 0.717) is 24.5 Å². The summed E-state index contributed by atoms with van der Waals surface area (Å²) >= 11 is 0. The molecule has 1 heterocycles. The van der Waals surface area contributed by atoms with E-state index in [1.54, 1.807) is 24.3 Å². The van der Waals surface area contributed by atoms with E-state index in [9.17, 15) is 14.4 Å². The van der Waals surface area contributed by atoms with E-state index in [1.807, 2.05) is 44.2 Å². The van der Waals surface area contributed by atoms with Crippen LogP contribution in [-0.2, 0) is 27.4 Å². The van der Waals surface area contributed by atoms with Crippen LogP contribution in [0, 0.1) is 13.8 Å². The third-order valence-electron chi connectivity index (χ3n) is 5.10. The number of ether oxygens (including phenoxy) is 2. The van der Waals surface area contributed by atoms with E-state index < -0.39 is 24.5 Å². The van der Waals surface area contributed by atoms with Gasteiger partial charge < -0.3 is 19.3 Å². The molecule has 1 unspecified atom stereocenters. The van der Waals surface area contributed by atoms with E-state index in [1.165, 1.54) is 6.92 Å². The molecule has 8 heteroatoms. The second-order valence-electron chi connectivity index (χ2n) is 7.61. The monoisotopic (exact) mass is 450 g/mol. The second kappa shape index (κ2) is 11.1. The SMILES string of the molecule is CC(=O)C(Cc1ccccc1)NC(=O)COC(=O)c1ccc(OCc2c(C)noc2C)cc1. The fourth-order valence-electron chi connectivity index (χ4n) is 3.15. The Balaban J connectivity index is 1.48. The highest BCUT2D eigenvalue weighted by Crippen LogP contribution is 2.18. The summed E-state index contributed by atoms with van der Waals surface area (Å²) in [6.45, 7) is 4.88. The van der Waals surface area contributed by atoms with Crippen molar-refractivity contribution >= 4 is 17.7 Å². The maximum absolute atomic E-state index is 12.3. The molecule has 1 aromatic heterocycles. The lowest BCUT2D eigenvalue weighted by Crippen LogP contribution is -2.43. The largest absolute Gasteiger partial charge is 0.489 e. The molecule has 0 aliphatic carbocycles. The van der Waals surface area contributed by atoms with Crippen molar-refractivity contribution in [3.05, 3.63) is 82.7 Å². The van der Waals surface area contributed by atoms with Crippen molar-refractivity contribution in [2.45, 2.75) is 39.8 Å². The number of carbonyl (C=O) groups is 3. The third kappa shape index (κ3) is 6.77. The van der Waals surface area contributed by atoms with Crippen molar-refractivity contribution < 1.29 is 28.4 Å². The summed E-state index contributed by atoms with van der Waals surface area (Å²) in [4.78, 5) is 36.4. The second-order valence-corrected chi connectivity index (χ2v) is 7.61. The lowest BCUT2D eigenvalue weighted by Gasteiger charge is -2.16. The highest BCUT2D eigenvalue weighted by Gasteiger charge is 2.19. The third-order valence-corrected chi connectivity index (χ3v) is 5.10. The van der Waals surface area contributed by atoms with Gasteiger partial charge in [-0.25, -0.2) is 4.79 Å². The summed E-state index contributed by atoms with van der Waals surface area (Å²) in [5.41, 5.74) is 2.84.